The Morgan fingerprint density at radius 2 is 1.34 bits per heavy atom. The fourth-order valence-corrected chi connectivity index (χ4v) is 4.56. The second kappa shape index (κ2) is 12.0. The summed E-state index contributed by atoms with van der Waals surface area (Å²) in [7, 11) is 4.37. The third-order valence-electron chi connectivity index (χ3n) is 5.70. The van der Waals surface area contributed by atoms with E-state index in [-0.39, 0.29) is 38.6 Å². The summed E-state index contributed by atoms with van der Waals surface area (Å²) >= 11 is 12.9. The smallest absolute Gasteiger partial charge is 0.252 e. The number of halogens is 2. The van der Waals surface area contributed by atoms with Crippen molar-refractivity contribution in [3.63, 3.8) is 0 Å². The van der Waals surface area contributed by atoms with Gasteiger partial charge >= 0.3 is 0 Å². The molecule has 0 heterocycles. The molecular formula is C25H29Cl2N3O5. The van der Waals surface area contributed by atoms with E-state index in [1.54, 1.807) is 33.0 Å². The molecule has 0 aliphatic carbocycles. The summed E-state index contributed by atoms with van der Waals surface area (Å²) in [6, 6.07) is 3.32. The number of primary amides is 2. The molecule has 3 amide bonds. The first kappa shape index (κ1) is 28.0. The lowest BCUT2D eigenvalue weighted by Crippen LogP contribution is -2.17. The van der Waals surface area contributed by atoms with Crippen molar-refractivity contribution in [3.8, 4) is 11.5 Å². The molecule has 0 fully saturated rings. The van der Waals surface area contributed by atoms with Gasteiger partial charge in [0.05, 0.1) is 35.4 Å². The topological polar surface area (TPSA) is 134 Å². The van der Waals surface area contributed by atoms with Crippen molar-refractivity contribution in [2.75, 3.05) is 21.3 Å². The Hall–Kier alpha value is -3.23. The van der Waals surface area contributed by atoms with Gasteiger partial charge in [0.1, 0.15) is 0 Å². The highest BCUT2D eigenvalue weighted by Crippen LogP contribution is 2.42. The molecule has 0 bridgehead atoms. The van der Waals surface area contributed by atoms with E-state index in [0.717, 1.165) is 0 Å². The number of hydrogen-bond donors (Lipinski definition) is 3. The predicted molar refractivity (Wildman–Crippen MR) is 138 cm³/mol. The van der Waals surface area contributed by atoms with Crippen LogP contribution in [0.1, 0.15) is 62.2 Å². The molecule has 0 unspecified atom stereocenters. The second-order valence-corrected chi connectivity index (χ2v) is 8.60. The molecule has 0 radical (unpaired) electrons. The van der Waals surface area contributed by atoms with E-state index in [9.17, 15) is 14.4 Å². The van der Waals surface area contributed by atoms with E-state index < -0.39 is 11.8 Å². The van der Waals surface area contributed by atoms with E-state index in [1.807, 2.05) is 6.08 Å². The monoisotopic (exact) mass is 521 g/mol. The van der Waals surface area contributed by atoms with E-state index in [0.29, 0.717) is 47.1 Å². The van der Waals surface area contributed by atoms with Crippen molar-refractivity contribution < 1.29 is 23.9 Å². The molecule has 0 saturated carbocycles. The van der Waals surface area contributed by atoms with Crippen molar-refractivity contribution in [1.29, 1.82) is 0 Å². The first-order valence-corrected chi connectivity index (χ1v) is 11.5. The summed E-state index contributed by atoms with van der Waals surface area (Å²) in [4.78, 5) is 36.3. The molecule has 2 aromatic carbocycles. The Kier molecular flexibility index (Phi) is 9.56. The first-order chi connectivity index (χ1) is 16.5. The lowest BCUT2D eigenvalue weighted by Gasteiger charge is -2.21. The summed E-state index contributed by atoms with van der Waals surface area (Å²) in [6.45, 7) is 3.45. The largest absolute Gasteiger partial charge is 0.494 e. The van der Waals surface area contributed by atoms with Gasteiger partial charge < -0.3 is 26.3 Å². The maximum Gasteiger partial charge on any atom is 0.252 e. The summed E-state index contributed by atoms with van der Waals surface area (Å²) in [5, 5.41) is 2.96. The highest BCUT2D eigenvalue weighted by Gasteiger charge is 2.25. The van der Waals surface area contributed by atoms with Crippen LogP contribution in [0.4, 0.5) is 0 Å². The predicted octanol–water partition coefficient (Wildman–Crippen LogP) is 4.17. The maximum atomic E-state index is 12.3. The molecule has 0 aliphatic rings. The third-order valence-corrected chi connectivity index (χ3v) is 6.27. The Morgan fingerprint density at radius 1 is 0.914 bits per heavy atom. The van der Waals surface area contributed by atoms with Gasteiger partial charge in [0.15, 0.2) is 11.5 Å². The normalized spacial score (nSPS) is 10.5. The van der Waals surface area contributed by atoms with Crippen LogP contribution < -0.4 is 26.3 Å². The zero-order chi connectivity index (χ0) is 26.4. The Balaban J connectivity index is 2.87. The number of hydrogen-bond acceptors (Lipinski definition) is 5. The summed E-state index contributed by atoms with van der Waals surface area (Å²) in [5.41, 5.74) is 14.5. The molecule has 10 heteroatoms. The Morgan fingerprint density at radius 3 is 1.69 bits per heavy atom. The number of carbonyl (C=O) groups excluding carboxylic acids is 3. The van der Waals surface area contributed by atoms with E-state index in [2.05, 4.69) is 5.32 Å². The van der Waals surface area contributed by atoms with Crippen LogP contribution in [-0.4, -0.2) is 39.0 Å². The standard InChI is InChI=1S/C25H29Cl2N3O5/c1-12-15(10-17(26)22(34-4)20(12)24(28)32)14(8-6-7-9-19(31)30-3)16-11-18(27)23(35-5)21(13(16)2)25(29)33/h8,10-11H,6-7,9H2,1-5H3,(H2,28,32)(H2,29,33)(H,30,31). The molecule has 8 nitrogen and oxygen atoms in total. The Labute approximate surface area is 214 Å². The van der Waals surface area contributed by atoms with Gasteiger partial charge in [-0.3, -0.25) is 14.4 Å². The van der Waals surface area contributed by atoms with Gasteiger partial charge in [-0.2, -0.15) is 0 Å². The quantitative estimate of drug-likeness (QED) is 0.403. The molecule has 0 atom stereocenters. The fraction of sp³-hybridized carbons (Fsp3) is 0.320. The lowest BCUT2D eigenvalue weighted by molar-refractivity contribution is -0.120. The highest BCUT2D eigenvalue weighted by molar-refractivity contribution is 6.33. The van der Waals surface area contributed by atoms with Crippen LogP contribution in [0.25, 0.3) is 5.57 Å². The van der Waals surface area contributed by atoms with Crippen molar-refractivity contribution >= 4 is 46.5 Å². The van der Waals surface area contributed by atoms with E-state index in [4.69, 9.17) is 44.1 Å². The van der Waals surface area contributed by atoms with Gasteiger partial charge in [-0.05, 0) is 66.6 Å². The molecule has 2 rings (SSSR count). The number of allylic oxidation sites excluding steroid dienone is 1. The number of amides is 3. The molecular weight excluding hydrogens is 493 g/mol. The number of methoxy groups -OCH3 is 2. The number of nitrogens with two attached hydrogens (primary N) is 2. The van der Waals surface area contributed by atoms with Crippen LogP contribution in [-0.2, 0) is 4.79 Å². The van der Waals surface area contributed by atoms with Crippen molar-refractivity contribution in [3.05, 3.63) is 61.6 Å². The fourth-order valence-electron chi connectivity index (χ4n) is 4.00. The average molecular weight is 522 g/mol. The third kappa shape index (κ3) is 5.89. The molecule has 0 spiro atoms. The Bertz CT molecular complexity index is 1130. The van der Waals surface area contributed by atoms with Gasteiger partial charge in [0.2, 0.25) is 5.91 Å². The number of nitrogens with one attached hydrogen (secondary N) is 1. The van der Waals surface area contributed by atoms with Crippen LogP contribution in [0.2, 0.25) is 10.0 Å². The minimum Gasteiger partial charge on any atom is -0.494 e. The van der Waals surface area contributed by atoms with Crippen LogP contribution in [0.5, 0.6) is 11.5 Å². The number of ether oxygens (including phenoxy) is 2. The average Bonchev–Trinajstić information content (AvgIpc) is 2.80. The minimum atomic E-state index is -0.704. The van der Waals surface area contributed by atoms with Gasteiger partial charge in [0.25, 0.3) is 11.8 Å². The van der Waals surface area contributed by atoms with Crippen molar-refractivity contribution in [2.24, 2.45) is 11.5 Å². The summed E-state index contributed by atoms with van der Waals surface area (Å²) in [6.07, 6.45) is 3.28. The molecule has 0 saturated heterocycles. The number of carbonyl (C=O) groups is 3. The van der Waals surface area contributed by atoms with Crippen molar-refractivity contribution in [2.45, 2.75) is 33.1 Å². The molecule has 188 valence electrons. The van der Waals surface area contributed by atoms with Gasteiger partial charge in [-0.1, -0.05) is 29.3 Å². The van der Waals surface area contributed by atoms with E-state index >= 15 is 0 Å². The van der Waals surface area contributed by atoms with E-state index in [1.165, 1.54) is 14.2 Å². The van der Waals surface area contributed by atoms with Crippen LogP contribution in [0.15, 0.2) is 18.2 Å². The SMILES string of the molecule is CNC(=O)CCCC=C(c1cc(Cl)c(OC)c(C(N)=O)c1C)c1cc(Cl)c(OC)c(C(N)=O)c1C. The van der Waals surface area contributed by atoms with Crippen molar-refractivity contribution in [1.82, 2.24) is 5.32 Å². The zero-order valence-electron chi connectivity index (χ0n) is 20.3. The highest BCUT2D eigenvalue weighted by atomic mass is 35.5. The molecule has 0 aromatic heterocycles. The number of rotatable bonds is 10. The molecule has 35 heavy (non-hydrogen) atoms. The van der Waals surface area contributed by atoms with Crippen LogP contribution in [0, 0.1) is 13.8 Å². The zero-order valence-corrected chi connectivity index (χ0v) is 21.8. The second-order valence-electron chi connectivity index (χ2n) is 7.79. The van der Waals surface area contributed by atoms with Gasteiger partial charge in [-0.15, -0.1) is 0 Å². The molecule has 2 aromatic rings. The summed E-state index contributed by atoms with van der Waals surface area (Å²) in [5.74, 6) is -1.16. The number of unbranched alkanes of at least 4 members (excludes halogenated alkanes) is 1. The molecule has 5 N–H and O–H groups in total. The summed E-state index contributed by atoms with van der Waals surface area (Å²) < 4.78 is 10.6. The molecule has 0 aliphatic heterocycles. The maximum absolute atomic E-state index is 12.3. The van der Waals surface area contributed by atoms with Crippen LogP contribution in [0.3, 0.4) is 0 Å². The van der Waals surface area contributed by atoms with Crippen LogP contribution >= 0.6 is 23.2 Å². The lowest BCUT2D eigenvalue weighted by atomic mass is 9.86. The minimum absolute atomic E-state index is 0.0840. The van der Waals surface area contributed by atoms with Gasteiger partial charge in [-0.25, -0.2) is 0 Å². The number of benzene rings is 2. The van der Waals surface area contributed by atoms with Gasteiger partial charge in [0, 0.05) is 13.5 Å². The first-order valence-electron chi connectivity index (χ1n) is 10.7.